The van der Waals surface area contributed by atoms with E-state index in [-0.39, 0.29) is 5.91 Å². The Bertz CT molecular complexity index is 976. The molecule has 0 aliphatic rings. The highest BCUT2D eigenvalue weighted by atomic mass is 32.1. The van der Waals surface area contributed by atoms with Crippen LogP contribution >= 0.6 is 11.3 Å². The molecule has 0 spiro atoms. The molecule has 23 heavy (non-hydrogen) atoms. The second-order valence-electron chi connectivity index (χ2n) is 4.81. The molecule has 0 saturated carbocycles. The van der Waals surface area contributed by atoms with Crippen molar-refractivity contribution in [2.45, 2.75) is 0 Å². The zero-order chi connectivity index (χ0) is 15.6. The standard InChI is InChI=1S/C16H11N5OS/c22-15(12-8-19-21-7-6-17-9-13(12)21)20-14-10-18-16(23-14)11-4-2-1-3-5-11/h1-10H,(H,20,22). The Morgan fingerprint density at radius 2 is 2.00 bits per heavy atom. The van der Waals surface area contributed by atoms with E-state index in [1.54, 1.807) is 29.3 Å². The number of aromatic nitrogens is 4. The predicted octanol–water partition coefficient (Wildman–Crippen LogP) is 3.11. The minimum absolute atomic E-state index is 0.226. The molecule has 1 aromatic carbocycles. The van der Waals surface area contributed by atoms with Crippen LogP contribution in [0, 0.1) is 0 Å². The molecule has 0 radical (unpaired) electrons. The molecule has 0 fully saturated rings. The normalized spacial score (nSPS) is 10.8. The number of carbonyl (C=O) groups is 1. The molecule has 0 aliphatic heterocycles. The lowest BCUT2D eigenvalue weighted by Crippen LogP contribution is -2.10. The van der Waals surface area contributed by atoms with Crippen LogP contribution in [0.3, 0.4) is 0 Å². The lowest BCUT2D eigenvalue weighted by molar-refractivity contribution is 0.102. The van der Waals surface area contributed by atoms with Gasteiger partial charge in [-0.1, -0.05) is 41.7 Å². The molecule has 0 aliphatic carbocycles. The number of thiazole rings is 1. The van der Waals surface area contributed by atoms with Gasteiger partial charge in [0.05, 0.1) is 29.7 Å². The Morgan fingerprint density at radius 3 is 2.87 bits per heavy atom. The van der Waals surface area contributed by atoms with Gasteiger partial charge in [0.15, 0.2) is 0 Å². The molecular formula is C16H11N5OS. The van der Waals surface area contributed by atoms with Gasteiger partial charge in [0.1, 0.15) is 10.0 Å². The van der Waals surface area contributed by atoms with Crippen LogP contribution in [-0.2, 0) is 0 Å². The zero-order valence-corrected chi connectivity index (χ0v) is 12.7. The van der Waals surface area contributed by atoms with Crippen LogP contribution < -0.4 is 5.32 Å². The Kier molecular flexibility index (Phi) is 3.32. The highest BCUT2D eigenvalue weighted by Gasteiger charge is 2.14. The summed E-state index contributed by atoms with van der Waals surface area (Å²) in [7, 11) is 0. The lowest BCUT2D eigenvalue weighted by Gasteiger charge is -2.00. The molecule has 7 heteroatoms. The van der Waals surface area contributed by atoms with E-state index in [9.17, 15) is 4.79 Å². The van der Waals surface area contributed by atoms with Gasteiger partial charge in [-0.25, -0.2) is 9.50 Å². The third-order valence-corrected chi connectivity index (χ3v) is 4.29. The van der Waals surface area contributed by atoms with Gasteiger partial charge in [0.2, 0.25) is 0 Å². The van der Waals surface area contributed by atoms with Crippen LogP contribution in [0.2, 0.25) is 0 Å². The number of fused-ring (bicyclic) bond motifs is 1. The van der Waals surface area contributed by atoms with Crippen LogP contribution in [0.5, 0.6) is 0 Å². The molecule has 112 valence electrons. The number of anilines is 1. The molecule has 4 rings (SSSR count). The second kappa shape index (κ2) is 5.62. The van der Waals surface area contributed by atoms with E-state index < -0.39 is 0 Å². The first kappa shape index (κ1) is 13.6. The highest BCUT2D eigenvalue weighted by Crippen LogP contribution is 2.28. The van der Waals surface area contributed by atoms with Crippen molar-refractivity contribution >= 4 is 27.8 Å². The van der Waals surface area contributed by atoms with Gasteiger partial charge in [-0.05, 0) is 0 Å². The number of benzene rings is 1. The predicted molar refractivity (Wildman–Crippen MR) is 88.5 cm³/mol. The molecule has 0 saturated heterocycles. The average Bonchev–Trinajstić information content (AvgIpc) is 3.22. The van der Waals surface area contributed by atoms with Gasteiger partial charge in [0.25, 0.3) is 5.91 Å². The second-order valence-corrected chi connectivity index (χ2v) is 5.84. The lowest BCUT2D eigenvalue weighted by atomic mass is 10.2. The SMILES string of the molecule is O=C(Nc1cnc(-c2ccccc2)s1)c1cnn2ccncc12. The summed E-state index contributed by atoms with van der Waals surface area (Å²) in [5.74, 6) is -0.226. The van der Waals surface area contributed by atoms with E-state index in [4.69, 9.17) is 0 Å². The average molecular weight is 321 g/mol. The summed E-state index contributed by atoms with van der Waals surface area (Å²) in [6, 6.07) is 9.85. The molecule has 3 heterocycles. The first-order chi connectivity index (χ1) is 11.3. The Hall–Kier alpha value is -3.06. The van der Waals surface area contributed by atoms with Crippen molar-refractivity contribution in [1.82, 2.24) is 19.6 Å². The van der Waals surface area contributed by atoms with Crippen LogP contribution in [-0.4, -0.2) is 25.5 Å². The highest BCUT2D eigenvalue weighted by molar-refractivity contribution is 7.19. The number of rotatable bonds is 3. The summed E-state index contributed by atoms with van der Waals surface area (Å²) in [6.45, 7) is 0. The molecule has 3 aromatic heterocycles. The minimum Gasteiger partial charge on any atom is -0.312 e. The monoisotopic (exact) mass is 321 g/mol. The number of hydrogen-bond donors (Lipinski definition) is 1. The van der Waals surface area contributed by atoms with E-state index in [0.29, 0.717) is 16.1 Å². The third-order valence-electron chi connectivity index (χ3n) is 3.33. The summed E-state index contributed by atoms with van der Waals surface area (Å²) in [5, 5.41) is 8.56. The van der Waals surface area contributed by atoms with Crippen molar-refractivity contribution in [2.75, 3.05) is 5.32 Å². The molecule has 1 N–H and O–H groups in total. The summed E-state index contributed by atoms with van der Waals surface area (Å²) < 4.78 is 1.62. The zero-order valence-electron chi connectivity index (χ0n) is 11.9. The maximum atomic E-state index is 12.4. The first-order valence-corrected chi connectivity index (χ1v) is 7.73. The van der Waals surface area contributed by atoms with Gasteiger partial charge in [-0.3, -0.25) is 9.78 Å². The number of hydrogen-bond acceptors (Lipinski definition) is 5. The summed E-state index contributed by atoms with van der Waals surface area (Å²) in [4.78, 5) is 20.8. The summed E-state index contributed by atoms with van der Waals surface area (Å²) in [5.41, 5.74) is 2.17. The molecule has 6 nitrogen and oxygen atoms in total. The fraction of sp³-hybridized carbons (Fsp3) is 0. The first-order valence-electron chi connectivity index (χ1n) is 6.91. The van der Waals surface area contributed by atoms with Crippen molar-refractivity contribution in [3.8, 4) is 10.6 Å². The number of nitrogens with zero attached hydrogens (tertiary/aromatic N) is 4. The van der Waals surface area contributed by atoms with Crippen LogP contribution in [0.1, 0.15) is 10.4 Å². The minimum atomic E-state index is -0.226. The van der Waals surface area contributed by atoms with Gasteiger partial charge in [0, 0.05) is 18.0 Å². The maximum Gasteiger partial charge on any atom is 0.260 e. The third kappa shape index (κ3) is 2.58. The molecular weight excluding hydrogens is 310 g/mol. The van der Waals surface area contributed by atoms with E-state index in [1.807, 2.05) is 30.3 Å². The Balaban J connectivity index is 1.59. The van der Waals surface area contributed by atoms with Gasteiger partial charge in [-0.2, -0.15) is 5.10 Å². The number of amides is 1. The van der Waals surface area contributed by atoms with E-state index in [0.717, 1.165) is 10.6 Å². The van der Waals surface area contributed by atoms with Crippen molar-refractivity contribution in [3.05, 3.63) is 66.9 Å². The van der Waals surface area contributed by atoms with E-state index >= 15 is 0 Å². The fourth-order valence-corrected chi connectivity index (χ4v) is 3.05. The number of carbonyl (C=O) groups excluding carboxylic acids is 1. The Morgan fingerprint density at radius 1 is 1.13 bits per heavy atom. The maximum absolute atomic E-state index is 12.4. The van der Waals surface area contributed by atoms with Gasteiger partial charge >= 0.3 is 0 Å². The molecule has 0 atom stereocenters. The van der Waals surface area contributed by atoms with Crippen molar-refractivity contribution in [1.29, 1.82) is 0 Å². The molecule has 0 unspecified atom stereocenters. The van der Waals surface area contributed by atoms with Gasteiger partial charge < -0.3 is 5.32 Å². The summed E-state index contributed by atoms with van der Waals surface area (Å²) in [6.07, 6.45) is 8.13. The van der Waals surface area contributed by atoms with Gasteiger partial charge in [-0.15, -0.1) is 0 Å². The van der Waals surface area contributed by atoms with Crippen molar-refractivity contribution in [2.24, 2.45) is 0 Å². The Labute approximate surface area is 135 Å². The molecule has 4 aromatic rings. The van der Waals surface area contributed by atoms with Crippen LogP contribution in [0.25, 0.3) is 16.1 Å². The molecule has 1 amide bonds. The van der Waals surface area contributed by atoms with Crippen LogP contribution in [0.4, 0.5) is 5.00 Å². The largest absolute Gasteiger partial charge is 0.312 e. The van der Waals surface area contributed by atoms with Crippen molar-refractivity contribution < 1.29 is 4.79 Å². The number of nitrogens with one attached hydrogen (secondary N) is 1. The fourth-order valence-electron chi connectivity index (χ4n) is 2.23. The smallest absolute Gasteiger partial charge is 0.260 e. The van der Waals surface area contributed by atoms with Crippen LogP contribution in [0.15, 0.2) is 61.3 Å². The van der Waals surface area contributed by atoms with E-state index in [1.165, 1.54) is 17.5 Å². The van der Waals surface area contributed by atoms with E-state index in [2.05, 4.69) is 20.4 Å². The topological polar surface area (TPSA) is 72.2 Å². The quantitative estimate of drug-likeness (QED) is 0.629. The summed E-state index contributed by atoms with van der Waals surface area (Å²) >= 11 is 1.43. The molecule has 0 bridgehead atoms. The van der Waals surface area contributed by atoms with Crippen molar-refractivity contribution in [3.63, 3.8) is 0 Å².